The Morgan fingerprint density at radius 3 is 2.57 bits per heavy atom. The minimum absolute atomic E-state index is 0.262. The van der Waals surface area contributed by atoms with E-state index in [4.69, 9.17) is 16.3 Å². The first kappa shape index (κ1) is 19.6. The highest BCUT2D eigenvalue weighted by atomic mass is 35.5. The second-order valence-electron chi connectivity index (χ2n) is 6.08. The van der Waals surface area contributed by atoms with Crippen LogP contribution in [0, 0.1) is 0 Å². The van der Waals surface area contributed by atoms with Gasteiger partial charge in [-0.3, -0.25) is 4.79 Å². The van der Waals surface area contributed by atoms with Gasteiger partial charge in [-0.05, 0) is 30.2 Å². The van der Waals surface area contributed by atoms with Gasteiger partial charge >= 0.3 is 0 Å². The van der Waals surface area contributed by atoms with E-state index < -0.39 is 0 Å². The number of nitrogens with zero attached hydrogens (tertiary/aromatic N) is 2. The summed E-state index contributed by atoms with van der Waals surface area (Å²) in [6.07, 6.45) is 3.85. The van der Waals surface area contributed by atoms with E-state index in [1.54, 1.807) is 13.3 Å². The number of benzene rings is 2. The number of aromatic nitrogens is 2. The molecule has 0 unspecified atom stereocenters. The molecule has 0 aliphatic heterocycles. The van der Waals surface area contributed by atoms with Gasteiger partial charge in [0, 0.05) is 23.7 Å². The molecule has 0 bridgehead atoms. The van der Waals surface area contributed by atoms with Crippen molar-refractivity contribution < 1.29 is 9.53 Å². The Hall–Kier alpha value is -3.12. The molecule has 0 aliphatic rings. The normalized spacial score (nSPS) is 10.4. The maximum atomic E-state index is 12.3. The summed E-state index contributed by atoms with van der Waals surface area (Å²) in [5.41, 5.74) is 2.34. The summed E-state index contributed by atoms with van der Waals surface area (Å²) in [7, 11) is 1.60. The van der Waals surface area contributed by atoms with E-state index in [9.17, 15) is 4.79 Å². The number of amides is 1. The number of carbonyl (C=O) groups is 1. The fraction of sp³-hybridized carbons (Fsp3) is 0.190. The summed E-state index contributed by atoms with van der Waals surface area (Å²) in [6.45, 7) is 1.06. The predicted molar refractivity (Wildman–Crippen MR) is 110 cm³/mol. The van der Waals surface area contributed by atoms with Gasteiger partial charge in [-0.25, -0.2) is 9.97 Å². The maximum Gasteiger partial charge on any atom is 0.271 e. The molecule has 2 aromatic carbocycles. The third-order valence-electron chi connectivity index (χ3n) is 4.15. The number of ether oxygens (including phenoxy) is 1. The van der Waals surface area contributed by atoms with E-state index >= 15 is 0 Å². The number of halogens is 1. The zero-order chi connectivity index (χ0) is 19.8. The van der Waals surface area contributed by atoms with E-state index in [0.29, 0.717) is 18.9 Å². The molecule has 1 amide bonds. The molecule has 3 aromatic rings. The largest absolute Gasteiger partial charge is 0.496 e. The number of rotatable bonds is 8. The van der Waals surface area contributed by atoms with Crippen molar-refractivity contribution in [3.05, 3.63) is 82.8 Å². The molecule has 0 saturated carbocycles. The topological polar surface area (TPSA) is 76.1 Å². The zero-order valence-electron chi connectivity index (χ0n) is 15.5. The van der Waals surface area contributed by atoms with Crippen LogP contribution in [-0.4, -0.2) is 29.5 Å². The number of hydrogen-bond acceptors (Lipinski definition) is 5. The number of hydrogen-bond donors (Lipinski definition) is 2. The van der Waals surface area contributed by atoms with Gasteiger partial charge < -0.3 is 15.4 Å². The van der Waals surface area contributed by atoms with Crippen molar-refractivity contribution in [3.63, 3.8) is 0 Å². The molecule has 2 N–H and O–H groups in total. The predicted octanol–water partition coefficient (Wildman–Crippen LogP) is 3.72. The highest BCUT2D eigenvalue weighted by molar-refractivity contribution is 6.30. The standard InChI is InChI=1S/C21H21ClN4O2/c1-28-19-5-3-2-4-16(19)12-26-21(27)18-13-25-20(14-24-18)23-11-10-15-6-8-17(22)9-7-15/h2-9,13-14H,10-12H2,1H3,(H,23,25)(H,26,27). The number of para-hydroxylation sites is 1. The van der Waals surface area contributed by atoms with Crippen molar-refractivity contribution in [1.29, 1.82) is 0 Å². The van der Waals surface area contributed by atoms with Crippen molar-refractivity contribution in [3.8, 4) is 5.75 Å². The van der Waals surface area contributed by atoms with Crippen LogP contribution in [0.25, 0.3) is 0 Å². The second kappa shape index (κ2) is 9.71. The molecule has 0 spiro atoms. The van der Waals surface area contributed by atoms with Crippen LogP contribution in [0.1, 0.15) is 21.6 Å². The Kier molecular flexibility index (Phi) is 6.81. The Labute approximate surface area is 168 Å². The molecule has 1 heterocycles. The smallest absolute Gasteiger partial charge is 0.271 e. The summed E-state index contributed by atoms with van der Waals surface area (Å²) in [6, 6.07) is 15.3. The maximum absolute atomic E-state index is 12.3. The van der Waals surface area contributed by atoms with Gasteiger partial charge in [0.2, 0.25) is 0 Å². The molecule has 0 aliphatic carbocycles. The van der Waals surface area contributed by atoms with E-state index in [0.717, 1.165) is 22.8 Å². The van der Waals surface area contributed by atoms with Crippen LogP contribution < -0.4 is 15.4 Å². The molecule has 1 aromatic heterocycles. The van der Waals surface area contributed by atoms with Crippen molar-refractivity contribution >= 4 is 23.3 Å². The monoisotopic (exact) mass is 396 g/mol. The third-order valence-corrected chi connectivity index (χ3v) is 4.40. The molecular weight excluding hydrogens is 376 g/mol. The van der Waals surface area contributed by atoms with E-state index in [2.05, 4.69) is 20.6 Å². The lowest BCUT2D eigenvalue weighted by Crippen LogP contribution is -2.24. The van der Waals surface area contributed by atoms with Crippen LogP contribution >= 0.6 is 11.6 Å². The van der Waals surface area contributed by atoms with Crippen molar-refractivity contribution in [2.45, 2.75) is 13.0 Å². The van der Waals surface area contributed by atoms with Gasteiger partial charge in [0.25, 0.3) is 5.91 Å². The summed E-state index contributed by atoms with van der Waals surface area (Å²) < 4.78 is 5.28. The number of anilines is 1. The van der Waals surface area contributed by atoms with Crippen LogP contribution in [0.15, 0.2) is 60.9 Å². The molecule has 144 valence electrons. The van der Waals surface area contributed by atoms with E-state index in [-0.39, 0.29) is 11.6 Å². The van der Waals surface area contributed by atoms with Gasteiger partial charge in [0.05, 0.1) is 19.5 Å². The highest BCUT2D eigenvalue weighted by Gasteiger charge is 2.09. The van der Waals surface area contributed by atoms with Crippen molar-refractivity contribution in [1.82, 2.24) is 15.3 Å². The molecule has 6 nitrogen and oxygen atoms in total. The molecule has 3 rings (SSSR count). The Morgan fingerprint density at radius 1 is 1.07 bits per heavy atom. The minimum atomic E-state index is -0.286. The van der Waals surface area contributed by atoms with Gasteiger partial charge in [-0.1, -0.05) is 41.9 Å². The Morgan fingerprint density at radius 2 is 1.86 bits per heavy atom. The fourth-order valence-corrected chi connectivity index (χ4v) is 2.76. The second-order valence-corrected chi connectivity index (χ2v) is 6.52. The third kappa shape index (κ3) is 5.44. The van der Waals surface area contributed by atoms with Crippen LogP contribution in [-0.2, 0) is 13.0 Å². The molecule has 0 radical (unpaired) electrons. The Balaban J connectivity index is 1.49. The lowest BCUT2D eigenvalue weighted by molar-refractivity contribution is 0.0945. The Bertz CT molecular complexity index is 914. The molecule has 0 saturated heterocycles. The summed E-state index contributed by atoms with van der Waals surface area (Å²) >= 11 is 5.88. The van der Waals surface area contributed by atoms with Crippen molar-refractivity contribution in [2.75, 3.05) is 19.0 Å². The lowest BCUT2D eigenvalue weighted by atomic mass is 10.1. The molecule has 0 atom stereocenters. The number of nitrogens with one attached hydrogen (secondary N) is 2. The first-order valence-electron chi connectivity index (χ1n) is 8.86. The van der Waals surface area contributed by atoms with E-state index in [1.165, 1.54) is 11.8 Å². The SMILES string of the molecule is COc1ccccc1CNC(=O)c1cnc(NCCc2ccc(Cl)cc2)cn1. The van der Waals surface area contributed by atoms with Gasteiger partial charge in [0.1, 0.15) is 17.3 Å². The lowest BCUT2D eigenvalue weighted by Gasteiger charge is -2.09. The zero-order valence-corrected chi connectivity index (χ0v) is 16.2. The average Bonchev–Trinajstić information content (AvgIpc) is 2.74. The van der Waals surface area contributed by atoms with E-state index in [1.807, 2.05) is 48.5 Å². The van der Waals surface area contributed by atoms with Crippen LogP contribution in [0.5, 0.6) is 5.75 Å². The first-order valence-corrected chi connectivity index (χ1v) is 9.24. The minimum Gasteiger partial charge on any atom is -0.496 e. The quantitative estimate of drug-likeness (QED) is 0.606. The van der Waals surface area contributed by atoms with Crippen molar-refractivity contribution in [2.24, 2.45) is 0 Å². The number of methoxy groups -OCH3 is 1. The van der Waals surface area contributed by atoms with Gasteiger partial charge in [0.15, 0.2) is 0 Å². The van der Waals surface area contributed by atoms with Crippen LogP contribution in [0.2, 0.25) is 5.02 Å². The first-order chi connectivity index (χ1) is 13.7. The van der Waals surface area contributed by atoms with Crippen LogP contribution in [0.4, 0.5) is 5.82 Å². The molecule has 28 heavy (non-hydrogen) atoms. The van der Waals surface area contributed by atoms with Crippen LogP contribution in [0.3, 0.4) is 0 Å². The molecular formula is C21H21ClN4O2. The average molecular weight is 397 g/mol. The highest BCUT2D eigenvalue weighted by Crippen LogP contribution is 2.16. The molecule has 7 heteroatoms. The fourth-order valence-electron chi connectivity index (χ4n) is 2.64. The summed E-state index contributed by atoms with van der Waals surface area (Å²) in [4.78, 5) is 20.7. The number of carbonyl (C=O) groups excluding carboxylic acids is 1. The molecule has 0 fully saturated rings. The summed E-state index contributed by atoms with van der Waals surface area (Å²) in [5.74, 6) is 1.07. The van der Waals surface area contributed by atoms with Gasteiger partial charge in [-0.15, -0.1) is 0 Å². The van der Waals surface area contributed by atoms with Gasteiger partial charge in [-0.2, -0.15) is 0 Å². The summed E-state index contributed by atoms with van der Waals surface area (Å²) in [5, 5.41) is 6.74.